The fourth-order valence-corrected chi connectivity index (χ4v) is 4.68. The van der Waals surface area contributed by atoms with E-state index in [1.54, 1.807) is 48.5 Å². The van der Waals surface area contributed by atoms with Crippen molar-refractivity contribution in [3.05, 3.63) is 71.8 Å². The van der Waals surface area contributed by atoms with Gasteiger partial charge >= 0.3 is 0 Å². The maximum absolute atomic E-state index is 12.4. The highest BCUT2D eigenvalue weighted by Gasteiger charge is 2.21. The summed E-state index contributed by atoms with van der Waals surface area (Å²) in [5.41, 5.74) is 3.55. The lowest BCUT2D eigenvalue weighted by molar-refractivity contribution is 0.398. The minimum Gasteiger partial charge on any atom is -0.282 e. The van der Waals surface area contributed by atoms with Crippen LogP contribution >= 0.6 is 0 Å². The molecule has 0 aliphatic rings. The van der Waals surface area contributed by atoms with Crippen molar-refractivity contribution in [2.45, 2.75) is 23.6 Å². The highest BCUT2D eigenvalue weighted by molar-refractivity contribution is 7.87. The Morgan fingerprint density at radius 3 is 1.69 bits per heavy atom. The fraction of sp³-hybridized carbons (Fsp3) is 0.143. The molecule has 0 heterocycles. The second-order valence-corrected chi connectivity index (χ2v) is 9.75. The maximum atomic E-state index is 12.4. The molecule has 0 unspecified atom stereocenters. The van der Waals surface area contributed by atoms with Crippen LogP contribution in [-0.2, 0) is 24.4 Å². The van der Waals surface area contributed by atoms with Crippen LogP contribution in [0.2, 0.25) is 0 Å². The van der Waals surface area contributed by atoms with Gasteiger partial charge in [-0.15, -0.1) is 0 Å². The molecular weight excluding hydrogens is 412 g/mol. The molecule has 0 radical (unpaired) electrons. The van der Waals surface area contributed by atoms with E-state index < -0.39 is 20.2 Å². The van der Waals surface area contributed by atoms with Gasteiger partial charge in [0, 0.05) is 11.1 Å². The number of benzene rings is 3. The summed E-state index contributed by atoms with van der Waals surface area (Å²) in [5.74, 6) is 0. The molecule has 0 bridgehead atoms. The molecule has 0 aliphatic carbocycles. The summed E-state index contributed by atoms with van der Waals surface area (Å²) in [7, 11) is -7.28. The molecule has 3 aromatic carbocycles. The predicted octanol–water partition coefficient (Wildman–Crippen LogP) is 4.22. The van der Waals surface area contributed by atoms with Crippen LogP contribution in [0.4, 0.5) is 0 Å². The van der Waals surface area contributed by atoms with Crippen LogP contribution in [0.3, 0.4) is 0 Å². The highest BCUT2D eigenvalue weighted by Crippen LogP contribution is 2.34. The molecule has 0 saturated carbocycles. The fourth-order valence-electron chi connectivity index (χ4n) is 3.13. The van der Waals surface area contributed by atoms with Gasteiger partial charge in [0.2, 0.25) is 0 Å². The molecule has 0 atom stereocenters. The van der Waals surface area contributed by atoms with E-state index in [0.29, 0.717) is 22.3 Å². The standard InChI is InChI=1S/C21H20O6S2/c1-14-7-9-20(28(22,23)24)18(11-14)16-5-4-6-17(13-16)19-12-15(2)8-10-21(19)29(25,26)27-3/h4-13H,1-3H3,(H,22,23,24). The zero-order valence-electron chi connectivity index (χ0n) is 16.1. The van der Waals surface area contributed by atoms with E-state index in [1.807, 2.05) is 13.8 Å². The molecule has 0 spiro atoms. The summed E-state index contributed by atoms with van der Waals surface area (Å²) in [6, 6.07) is 16.3. The van der Waals surface area contributed by atoms with Crippen molar-refractivity contribution in [2.75, 3.05) is 7.11 Å². The largest absolute Gasteiger partial charge is 0.297 e. The Labute approximate surface area is 170 Å². The van der Waals surface area contributed by atoms with Crippen LogP contribution in [0.1, 0.15) is 11.1 Å². The molecule has 0 aliphatic heterocycles. The third kappa shape index (κ3) is 4.40. The summed E-state index contributed by atoms with van der Waals surface area (Å²) in [6.07, 6.45) is 0. The minimum atomic E-state index is -4.43. The Hall–Kier alpha value is -2.52. The number of hydrogen-bond acceptors (Lipinski definition) is 5. The number of rotatable bonds is 5. The molecule has 0 saturated heterocycles. The zero-order valence-corrected chi connectivity index (χ0v) is 17.7. The second-order valence-electron chi connectivity index (χ2n) is 6.68. The van der Waals surface area contributed by atoms with Crippen molar-refractivity contribution in [2.24, 2.45) is 0 Å². The van der Waals surface area contributed by atoms with Gasteiger partial charge in [0.05, 0.1) is 7.11 Å². The van der Waals surface area contributed by atoms with Gasteiger partial charge in [-0.3, -0.25) is 8.74 Å². The van der Waals surface area contributed by atoms with Gasteiger partial charge in [-0.1, -0.05) is 53.6 Å². The molecule has 0 fully saturated rings. The Bertz CT molecular complexity index is 1290. The van der Waals surface area contributed by atoms with Crippen molar-refractivity contribution in [3.63, 3.8) is 0 Å². The van der Waals surface area contributed by atoms with Crippen LogP contribution in [0.5, 0.6) is 0 Å². The molecular formula is C21H20O6S2. The molecule has 8 heteroatoms. The van der Waals surface area contributed by atoms with Crippen LogP contribution < -0.4 is 0 Å². The van der Waals surface area contributed by atoms with Crippen molar-refractivity contribution < 1.29 is 25.6 Å². The summed E-state index contributed by atoms with van der Waals surface area (Å²) >= 11 is 0. The van der Waals surface area contributed by atoms with Crippen LogP contribution in [-0.4, -0.2) is 28.5 Å². The first-order chi connectivity index (χ1) is 13.5. The first-order valence-electron chi connectivity index (χ1n) is 8.63. The van der Waals surface area contributed by atoms with E-state index in [-0.39, 0.29) is 9.79 Å². The molecule has 1 N–H and O–H groups in total. The topological polar surface area (TPSA) is 97.7 Å². The van der Waals surface area contributed by atoms with E-state index in [4.69, 9.17) is 0 Å². The van der Waals surface area contributed by atoms with Crippen molar-refractivity contribution in [1.82, 2.24) is 0 Å². The Kier molecular flexibility index (Phi) is 5.64. The lowest BCUT2D eigenvalue weighted by Gasteiger charge is -2.13. The Balaban J connectivity index is 2.27. The molecule has 6 nitrogen and oxygen atoms in total. The zero-order chi connectivity index (χ0) is 21.4. The SMILES string of the molecule is COS(=O)(=O)c1ccc(C)cc1-c1cccc(-c2cc(C)ccc2S(=O)(=O)O)c1. The number of aryl methyl sites for hydroxylation is 2. The number of hydrogen-bond donors (Lipinski definition) is 1. The van der Waals surface area contributed by atoms with Crippen molar-refractivity contribution >= 4 is 20.2 Å². The smallest absolute Gasteiger partial charge is 0.282 e. The summed E-state index contributed by atoms with van der Waals surface area (Å²) in [4.78, 5) is -0.198. The van der Waals surface area contributed by atoms with Gasteiger partial charge < -0.3 is 0 Å². The quantitative estimate of drug-likeness (QED) is 0.479. The van der Waals surface area contributed by atoms with E-state index in [0.717, 1.165) is 18.2 Å². The summed E-state index contributed by atoms with van der Waals surface area (Å²) in [5, 5.41) is 0. The van der Waals surface area contributed by atoms with Gasteiger partial charge in [-0.2, -0.15) is 16.8 Å². The molecule has 29 heavy (non-hydrogen) atoms. The Morgan fingerprint density at radius 1 is 0.724 bits per heavy atom. The van der Waals surface area contributed by atoms with E-state index in [9.17, 15) is 21.4 Å². The average molecular weight is 433 g/mol. The van der Waals surface area contributed by atoms with Gasteiger partial charge in [0.15, 0.2) is 0 Å². The van der Waals surface area contributed by atoms with Gasteiger partial charge in [-0.25, -0.2) is 0 Å². The van der Waals surface area contributed by atoms with Crippen LogP contribution in [0, 0.1) is 13.8 Å². The molecule has 3 aromatic rings. The lowest BCUT2D eigenvalue weighted by atomic mass is 9.97. The first kappa shape index (κ1) is 21.2. The summed E-state index contributed by atoms with van der Waals surface area (Å²) in [6.45, 7) is 3.65. The van der Waals surface area contributed by atoms with Gasteiger partial charge in [0.1, 0.15) is 9.79 Å². The first-order valence-corrected chi connectivity index (χ1v) is 11.5. The normalized spacial score (nSPS) is 12.1. The van der Waals surface area contributed by atoms with Crippen molar-refractivity contribution in [1.29, 1.82) is 0 Å². The molecule has 0 amide bonds. The van der Waals surface area contributed by atoms with E-state index in [1.165, 1.54) is 12.1 Å². The van der Waals surface area contributed by atoms with Crippen LogP contribution in [0.15, 0.2) is 70.5 Å². The predicted molar refractivity (Wildman–Crippen MR) is 111 cm³/mol. The maximum Gasteiger partial charge on any atom is 0.297 e. The highest BCUT2D eigenvalue weighted by atomic mass is 32.2. The summed E-state index contributed by atoms with van der Waals surface area (Å²) < 4.78 is 62.6. The second kappa shape index (κ2) is 7.72. The molecule has 3 rings (SSSR count). The van der Waals surface area contributed by atoms with Gasteiger partial charge in [-0.05, 0) is 43.2 Å². The third-order valence-corrected chi connectivity index (χ3v) is 6.77. The molecule has 0 aromatic heterocycles. The van der Waals surface area contributed by atoms with E-state index in [2.05, 4.69) is 4.18 Å². The Morgan fingerprint density at radius 2 is 1.21 bits per heavy atom. The van der Waals surface area contributed by atoms with E-state index >= 15 is 0 Å². The van der Waals surface area contributed by atoms with Gasteiger partial charge in [0.25, 0.3) is 20.2 Å². The third-order valence-electron chi connectivity index (χ3n) is 4.52. The minimum absolute atomic E-state index is 0.0157. The lowest BCUT2D eigenvalue weighted by Crippen LogP contribution is -2.05. The average Bonchev–Trinajstić information content (AvgIpc) is 2.67. The molecule has 152 valence electrons. The van der Waals surface area contributed by atoms with Crippen LogP contribution in [0.25, 0.3) is 22.3 Å². The monoisotopic (exact) mass is 432 g/mol. The van der Waals surface area contributed by atoms with Crippen molar-refractivity contribution in [3.8, 4) is 22.3 Å².